The summed E-state index contributed by atoms with van der Waals surface area (Å²) in [6, 6.07) is 9.11. The molecule has 0 amide bonds. The number of para-hydroxylation sites is 1. The van der Waals surface area contributed by atoms with Gasteiger partial charge in [-0.15, -0.1) is 0 Å². The molecular weight excluding hydrogens is 302 g/mol. The molecule has 0 aliphatic rings. The Morgan fingerprint density at radius 2 is 2.00 bits per heavy atom. The van der Waals surface area contributed by atoms with Crippen LogP contribution in [0.2, 0.25) is 5.02 Å². The zero-order chi connectivity index (χ0) is 15.3. The molecular formula is C15H10ClN5O. The van der Waals surface area contributed by atoms with Gasteiger partial charge in [-0.2, -0.15) is 14.6 Å². The number of aryl methyl sites for hydroxylation is 1. The second kappa shape index (κ2) is 4.64. The first-order valence-electron chi connectivity index (χ1n) is 6.63. The zero-order valence-electron chi connectivity index (χ0n) is 11.6. The van der Waals surface area contributed by atoms with Crippen LogP contribution in [0.3, 0.4) is 0 Å². The van der Waals surface area contributed by atoms with E-state index >= 15 is 0 Å². The van der Waals surface area contributed by atoms with Gasteiger partial charge in [0.2, 0.25) is 0 Å². The number of halogens is 1. The fraction of sp³-hybridized carbons (Fsp3) is 0.0667. The number of hydrogen-bond donors (Lipinski definition) is 0. The van der Waals surface area contributed by atoms with Crippen molar-refractivity contribution in [3.8, 4) is 5.69 Å². The van der Waals surface area contributed by atoms with Gasteiger partial charge >= 0.3 is 0 Å². The van der Waals surface area contributed by atoms with Gasteiger partial charge in [0.1, 0.15) is 6.33 Å². The summed E-state index contributed by atoms with van der Waals surface area (Å²) in [6.07, 6.45) is 2.94. The van der Waals surface area contributed by atoms with E-state index in [2.05, 4.69) is 15.1 Å². The predicted molar refractivity (Wildman–Crippen MR) is 83.6 cm³/mol. The lowest BCUT2D eigenvalue weighted by Crippen LogP contribution is -2.22. The van der Waals surface area contributed by atoms with Crippen molar-refractivity contribution < 1.29 is 0 Å². The highest BCUT2D eigenvalue weighted by Crippen LogP contribution is 2.21. The summed E-state index contributed by atoms with van der Waals surface area (Å²) in [5.41, 5.74) is 1.89. The molecule has 3 heterocycles. The van der Waals surface area contributed by atoms with Crippen molar-refractivity contribution in [1.29, 1.82) is 0 Å². The summed E-state index contributed by atoms with van der Waals surface area (Å²) in [5.74, 6) is 0.460. The molecule has 1 aromatic carbocycles. The minimum Gasteiger partial charge on any atom is -0.279 e. The van der Waals surface area contributed by atoms with Crippen LogP contribution in [0.15, 0.2) is 47.7 Å². The molecule has 0 aliphatic heterocycles. The Labute approximate surface area is 129 Å². The van der Waals surface area contributed by atoms with Crippen LogP contribution in [0.5, 0.6) is 0 Å². The Morgan fingerprint density at radius 3 is 2.82 bits per heavy atom. The summed E-state index contributed by atoms with van der Waals surface area (Å²) < 4.78 is 3.13. The maximum atomic E-state index is 12.9. The van der Waals surface area contributed by atoms with Crippen molar-refractivity contribution in [3.05, 3.63) is 63.9 Å². The van der Waals surface area contributed by atoms with Gasteiger partial charge in [0, 0.05) is 11.9 Å². The van der Waals surface area contributed by atoms with Gasteiger partial charge in [0.05, 0.1) is 21.6 Å². The lowest BCUT2D eigenvalue weighted by atomic mass is 10.2. The van der Waals surface area contributed by atoms with Gasteiger partial charge in [0.15, 0.2) is 0 Å². The number of benzene rings is 1. The quantitative estimate of drug-likeness (QED) is 0.541. The van der Waals surface area contributed by atoms with Crippen molar-refractivity contribution in [3.63, 3.8) is 0 Å². The van der Waals surface area contributed by atoms with Crippen molar-refractivity contribution in [2.75, 3.05) is 0 Å². The van der Waals surface area contributed by atoms with Crippen LogP contribution in [0, 0.1) is 6.92 Å². The van der Waals surface area contributed by atoms with Gasteiger partial charge in [-0.25, -0.2) is 4.98 Å². The van der Waals surface area contributed by atoms with E-state index in [9.17, 15) is 4.79 Å². The largest absolute Gasteiger partial charge is 0.279 e. The van der Waals surface area contributed by atoms with Crippen LogP contribution in [0.25, 0.3) is 22.4 Å². The van der Waals surface area contributed by atoms with Crippen LogP contribution in [0.1, 0.15) is 5.69 Å². The minimum atomic E-state index is -0.187. The van der Waals surface area contributed by atoms with Crippen molar-refractivity contribution >= 4 is 28.3 Å². The Hall–Kier alpha value is -2.73. The first-order chi connectivity index (χ1) is 10.7. The highest BCUT2D eigenvalue weighted by atomic mass is 35.5. The van der Waals surface area contributed by atoms with Crippen LogP contribution in [-0.4, -0.2) is 24.1 Å². The first-order valence-corrected chi connectivity index (χ1v) is 7.00. The molecule has 4 rings (SSSR count). The molecule has 0 N–H and O–H groups in total. The summed E-state index contributed by atoms with van der Waals surface area (Å²) in [5, 5.41) is 5.10. The van der Waals surface area contributed by atoms with E-state index < -0.39 is 0 Å². The van der Waals surface area contributed by atoms with E-state index in [0.29, 0.717) is 27.4 Å². The molecule has 0 saturated carbocycles. The molecule has 0 unspecified atom stereocenters. The monoisotopic (exact) mass is 311 g/mol. The van der Waals surface area contributed by atoms with Gasteiger partial charge in [-0.05, 0) is 25.1 Å². The molecule has 0 aliphatic carbocycles. The number of pyridine rings is 1. The molecule has 0 bridgehead atoms. The number of nitrogens with zero attached hydrogens (tertiary/aromatic N) is 5. The lowest BCUT2D eigenvalue weighted by Gasteiger charge is -2.13. The van der Waals surface area contributed by atoms with E-state index in [0.717, 1.165) is 5.69 Å². The molecule has 108 valence electrons. The predicted octanol–water partition coefficient (Wildman–Crippen LogP) is 2.39. The van der Waals surface area contributed by atoms with Gasteiger partial charge < -0.3 is 0 Å². The zero-order valence-corrected chi connectivity index (χ0v) is 12.3. The second-order valence-electron chi connectivity index (χ2n) is 4.91. The number of aromatic nitrogens is 5. The minimum absolute atomic E-state index is 0.187. The summed E-state index contributed by atoms with van der Waals surface area (Å²) in [6.45, 7) is 1.85. The molecule has 0 spiro atoms. The van der Waals surface area contributed by atoms with Gasteiger partial charge in [-0.3, -0.25) is 9.36 Å². The van der Waals surface area contributed by atoms with E-state index in [1.165, 1.54) is 12.5 Å². The molecule has 0 saturated heterocycles. The number of fused-ring (bicyclic) bond motifs is 3. The molecule has 0 atom stereocenters. The molecule has 0 radical (unpaired) electrons. The summed E-state index contributed by atoms with van der Waals surface area (Å²) in [7, 11) is 0. The third-order valence-electron chi connectivity index (χ3n) is 3.57. The lowest BCUT2D eigenvalue weighted by molar-refractivity contribution is 0.926. The SMILES string of the molecule is Cc1cc2c(cnc3ncnn32)c(=O)n1-c1ccccc1Cl. The average molecular weight is 312 g/mol. The highest BCUT2D eigenvalue weighted by molar-refractivity contribution is 6.32. The molecule has 7 heteroatoms. The fourth-order valence-corrected chi connectivity index (χ4v) is 2.80. The maximum Gasteiger partial charge on any atom is 0.266 e. The first kappa shape index (κ1) is 13.0. The van der Waals surface area contributed by atoms with E-state index in [4.69, 9.17) is 11.6 Å². The average Bonchev–Trinajstić information content (AvgIpc) is 2.98. The van der Waals surface area contributed by atoms with Gasteiger partial charge in [0.25, 0.3) is 11.3 Å². The Kier molecular flexibility index (Phi) is 2.74. The fourth-order valence-electron chi connectivity index (χ4n) is 2.58. The smallest absolute Gasteiger partial charge is 0.266 e. The van der Waals surface area contributed by atoms with E-state index in [1.54, 1.807) is 15.1 Å². The maximum absolute atomic E-state index is 12.9. The van der Waals surface area contributed by atoms with Crippen LogP contribution in [0.4, 0.5) is 0 Å². The van der Waals surface area contributed by atoms with Crippen molar-refractivity contribution in [1.82, 2.24) is 24.1 Å². The second-order valence-corrected chi connectivity index (χ2v) is 5.31. The summed E-state index contributed by atoms with van der Waals surface area (Å²) in [4.78, 5) is 21.1. The topological polar surface area (TPSA) is 65.1 Å². The number of hydrogen-bond acceptors (Lipinski definition) is 4. The van der Waals surface area contributed by atoms with Crippen molar-refractivity contribution in [2.24, 2.45) is 0 Å². The van der Waals surface area contributed by atoms with Crippen LogP contribution in [-0.2, 0) is 0 Å². The van der Waals surface area contributed by atoms with E-state index in [1.807, 2.05) is 31.2 Å². The third kappa shape index (κ3) is 1.74. The molecule has 4 aromatic rings. The Bertz CT molecular complexity index is 1080. The highest BCUT2D eigenvalue weighted by Gasteiger charge is 2.13. The molecule has 3 aromatic heterocycles. The summed E-state index contributed by atoms with van der Waals surface area (Å²) >= 11 is 6.23. The number of rotatable bonds is 1. The van der Waals surface area contributed by atoms with Crippen molar-refractivity contribution in [2.45, 2.75) is 6.92 Å². The Balaban J connectivity index is 2.16. The van der Waals surface area contributed by atoms with E-state index in [-0.39, 0.29) is 5.56 Å². The molecule has 22 heavy (non-hydrogen) atoms. The standard InChI is InChI=1S/C15H10ClN5O/c1-9-6-13-10(7-17-15-18-8-19-21(13)15)14(22)20(9)12-5-3-2-4-11(12)16/h2-8H,1H3. The molecule has 0 fully saturated rings. The van der Waals surface area contributed by atoms with Crippen LogP contribution >= 0.6 is 11.6 Å². The van der Waals surface area contributed by atoms with Gasteiger partial charge in [-0.1, -0.05) is 23.7 Å². The molecule has 6 nitrogen and oxygen atoms in total. The Morgan fingerprint density at radius 1 is 1.18 bits per heavy atom. The third-order valence-corrected chi connectivity index (χ3v) is 3.89. The van der Waals surface area contributed by atoms with Crippen LogP contribution < -0.4 is 5.56 Å². The normalized spacial score (nSPS) is 11.4.